The van der Waals surface area contributed by atoms with Gasteiger partial charge in [0, 0.05) is 23.5 Å². The Morgan fingerprint density at radius 3 is 2.78 bits per heavy atom. The normalized spacial score (nSPS) is 16.9. The lowest BCUT2D eigenvalue weighted by molar-refractivity contribution is -0.122. The molecule has 3 heterocycles. The average molecular weight is 385 g/mol. The van der Waals surface area contributed by atoms with Gasteiger partial charge in [-0.1, -0.05) is 0 Å². The number of rotatable bonds is 4. The van der Waals surface area contributed by atoms with Crippen LogP contribution in [0.25, 0.3) is 5.65 Å². The summed E-state index contributed by atoms with van der Waals surface area (Å²) in [6.45, 7) is 0.297. The molecule has 1 saturated heterocycles. The van der Waals surface area contributed by atoms with Crippen molar-refractivity contribution in [3.63, 3.8) is 0 Å². The Labute approximate surface area is 158 Å². The molecular formula is C18H16FN5O2S. The van der Waals surface area contributed by atoms with Gasteiger partial charge < -0.3 is 4.90 Å². The molecule has 1 aliphatic heterocycles. The molecule has 1 unspecified atom stereocenters. The Morgan fingerprint density at radius 2 is 2.04 bits per heavy atom. The van der Waals surface area contributed by atoms with Gasteiger partial charge in [0.25, 0.3) is 0 Å². The molecule has 0 radical (unpaired) electrons. The maximum atomic E-state index is 13.2. The minimum absolute atomic E-state index is 0.0841. The van der Waals surface area contributed by atoms with Gasteiger partial charge in [-0.3, -0.25) is 14.9 Å². The fourth-order valence-electron chi connectivity index (χ4n) is 3.02. The SMILES string of the molecule is CSc1ccc(N2CC(C(=O)Nc3nc4ccc(F)cn4n3)CC2=O)cc1. The van der Waals surface area contributed by atoms with Crippen molar-refractivity contribution < 1.29 is 14.0 Å². The van der Waals surface area contributed by atoms with Crippen LogP contribution in [0.15, 0.2) is 47.5 Å². The number of carbonyl (C=O) groups excluding carboxylic acids is 2. The number of amides is 2. The zero-order valence-corrected chi connectivity index (χ0v) is 15.2. The first-order chi connectivity index (χ1) is 13.0. The van der Waals surface area contributed by atoms with Gasteiger partial charge in [-0.2, -0.15) is 4.98 Å². The standard InChI is InChI=1S/C18H16FN5O2S/c1-27-14-5-3-13(4-6-14)23-9-11(8-16(23)25)17(26)21-18-20-15-7-2-12(19)10-24(15)22-18/h2-7,10-11H,8-9H2,1H3,(H,21,22,26). The van der Waals surface area contributed by atoms with Gasteiger partial charge in [0.05, 0.1) is 12.1 Å². The molecule has 9 heteroatoms. The van der Waals surface area contributed by atoms with Crippen LogP contribution in [0.4, 0.5) is 16.0 Å². The van der Waals surface area contributed by atoms with Crippen LogP contribution in [-0.2, 0) is 9.59 Å². The third-order valence-electron chi connectivity index (χ3n) is 4.41. The van der Waals surface area contributed by atoms with Crippen molar-refractivity contribution in [3.05, 3.63) is 48.4 Å². The first-order valence-electron chi connectivity index (χ1n) is 8.31. The van der Waals surface area contributed by atoms with Crippen LogP contribution < -0.4 is 10.2 Å². The highest BCUT2D eigenvalue weighted by Gasteiger charge is 2.35. The predicted octanol–water partition coefficient (Wildman–Crippen LogP) is 2.58. The summed E-state index contributed by atoms with van der Waals surface area (Å²) in [5.41, 5.74) is 1.19. The van der Waals surface area contributed by atoms with Crippen LogP contribution in [0.5, 0.6) is 0 Å². The van der Waals surface area contributed by atoms with E-state index < -0.39 is 11.7 Å². The summed E-state index contributed by atoms with van der Waals surface area (Å²) in [5, 5.41) is 6.65. The van der Waals surface area contributed by atoms with Crippen LogP contribution in [0.2, 0.25) is 0 Å². The predicted molar refractivity (Wildman–Crippen MR) is 100 cm³/mol. The minimum Gasteiger partial charge on any atom is -0.312 e. The van der Waals surface area contributed by atoms with E-state index in [1.54, 1.807) is 16.7 Å². The summed E-state index contributed by atoms with van der Waals surface area (Å²) < 4.78 is 14.5. The van der Waals surface area contributed by atoms with Gasteiger partial charge in [-0.25, -0.2) is 8.91 Å². The highest BCUT2D eigenvalue weighted by Crippen LogP contribution is 2.27. The summed E-state index contributed by atoms with van der Waals surface area (Å²) in [5.74, 6) is -1.29. The number of pyridine rings is 1. The number of hydrogen-bond donors (Lipinski definition) is 1. The number of nitrogens with zero attached hydrogens (tertiary/aromatic N) is 4. The van der Waals surface area contributed by atoms with E-state index in [-0.39, 0.29) is 24.2 Å². The molecular weight excluding hydrogens is 369 g/mol. The number of nitrogens with one attached hydrogen (secondary N) is 1. The Morgan fingerprint density at radius 1 is 1.26 bits per heavy atom. The van der Waals surface area contributed by atoms with Crippen molar-refractivity contribution in [2.45, 2.75) is 11.3 Å². The lowest BCUT2D eigenvalue weighted by atomic mass is 10.1. The van der Waals surface area contributed by atoms with Crippen LogP contribution in [0, 0.1) is 11.7 Å². The van der Waals surface area contributed by atoms with Crippen molar-refractivity contribution in [3.8, 4) is 0 Å². The van der Waals surface area contributed by atoms with Gasteiger partial charge in [0.2, 0.25) is 17.8 Å². The number of benzene rings is 1. The Balaban J connectivity index is 1.46. The second-order valence-corrected chi connectivity index (χ2v) is 7.06. The minimum atomic E-state index is -0.499. The summed E-state index contributed by atoms with van der Waals surface area (Å²) in [7, 11) is 0. The third-order valence-corrected chi connectivity index (χ3v) is 5.15. The fourth-order valence-corrected chi connectivity index (χ4v) is 3.43. The number of carbonyl (C=O) groups is 2. The fraction of sp³-hybridized carbons (Fsp3) is 0.222. The summed E-state index contributed by atoms with van der Waals surface area (Å²) in [4.78, 5) is 31.7. The summed E-state index contributed by atoms with van der Waals surface area (Å²) >= 11 is 1.62. The molecule has 138 valence electrons. The molecule has 1 aliphatic rings. The van der Waals surface area contributed by atoms with Crippen molar-refractivity contribution in [2.75, 3.05) is 23.0 Å². The molecule has 0 bridgehead atoms. The van der Waals surface area contributed by atoms with E-state index in [9.17, 15) is 14.0 Å². The number of anilines is 2. The first-order valence-corrected chi connectivity index (χ1v) is 9.53. The molecule has 1 fully saturated rings. The van der Waals surface area contributed by atoms with Crippen molar-refractivity contribution in [1.82, 2.24) is 14.6 Å². The number of aromatic nitrogens is 3. The van der Waals surface area contributed by atoms with Crippen LogP contribution in [-0.4, -0.2) is 39.2 Å². The lowest BCUT2D eigenvalue weighted by Gasteiger charge is -2.16. The average Bonchev–Trinajstić information content (AvgIpc) is 3.24. The second-order valence-electron chi connectivity index (χ2n) is 6.18. The zero-order valence-electron chi connectivity index (χ0n) is 14.4. The van der Waals surface area contributed by atoms with Gasteiger partial charge >= 0.3 is 0 Å². The Kier molecular flexibility index (Phi) is 4.53. The van der Waals surface area contributed by atoms with E-state index in [1.165, 1.54) is 22.8 Å². The van der Waals surface area contributed by atoms with Crippen molar-refractivity contribution >= 4 is 40.9 Å². The van der Waals surface area contributed by atoms with E-state index in [0.29, 0.717) is 12.2 Å². The Bertz CT molecular complexity index is 1020. The van der Waals surface area contributed by atoms with Gasteiger partial charge in [-0.15, -0.1) is 16.9 Å². The second kappa shape index (κ2) is 6.99. The monoisotopic (exact) mass is 385 g/mol. The Hall–Kier alpha value is -2.94. The number of thioether (sulfide) groups is 1. The van der Waals surface area contributed by atoms with E-state index >= 15 is 0 Å². The molecule has 0 spiro atoms. The molecule has 1 atom stereocenters. The van der Waals surface area contributed by atoms with E-state index in [1.807, 2.05) is 30.5 Å². The maximum absolute atomic E-state index is 13.2. The highest BCUT2D eigenvalue weighted by atomic mass is 32.2. The smallest absolute Gasteiger partial charge is 0.249 e. The van der Waals surface area contributed by atoms with E-state index in [4.69, 9.17) is 0 Å². The first kappa shape index (κ1) is 17.5. The van der Waals surface area contributed by atoms with Crippen LogP contribution in [0.1, 0.15) is 6.42 Å². The van der Waals surface area contributed by atoms with E-state index in [0.717, 1.165) is 10.6 Å². The zero-order chi connectivity index (χ0) is 19.0. The molecule has 27 heavy (non-hydrogen) atoms. The van der Waals surface area contributed by atoms with Gasteiger partial charge in [0.1, 0.15) is 5.82 Å². The van der Waals surface area contributed by atoms with E-state index in [2.05, 4.69) is 15.4 Å². The number of halogens is 1. The number of hydrogen-bond acceptors (Lipinski definition) is 5. The van der Waals surface area contributed by atoms with Gasteiger partial charge in [0.15, 0.2) is 5.65 Å². The van der Waals surface area contributed by atoms with Crippen LogP contribution >= 0.6 is 11.8 Å². The summed E-state index contributed by atoms with van der Waals surface area (Å²) in [6, 6.07) is 10.4. The van der Waals surface area contributed by atoms with Crippen molar-refractivity contribution in [1.29, 1.82) is 0 Å². The molecule has 3 aromatic rings. The molecule has 1 N–H and O–H groups in total. The topological polar surface area (TPSA) is 79.6 Å². The molecule has 1 aromatic carbocycles. The molecule has 7 nitrogen and oxygen atoms in total. The molecule has 4 rings (SSSR count). The molecule has 0 saturated carbocycles. The third kappa shape index (κ3) is 3.50. The largest absolute Gasteiger partial charge is 0.312 e. The lowest BCUT2D eigenvalue weighted by Crippen LogP contribution is -2.28. The van der Waals surface area contributed by atoms with Gasteiger partial charge in [-0.05, 0) is 42.7 Å². The quantitative estimate of drug-likeness (QED) is 0.699. The maximum Gasteiger partial charge on any atom is 0.249 e. The number of fused-ring (bicyclic) bond motifs is 1. The van der Waals surface area contributed by atoms with Crippen molar-refractivity contribution in [2.24, 2.45) is 5.92 Å². The molecule has 2 aromatic heterocycles. The van der Waals surface area contributed by atoms with Crippen LogP contribution in [0.3, 0.4) is 0 Å². The molecule has 0 aliphatic carbocycles. The molecule has 2 amide bonds. The summed E-state index contributed by atoms with van der Waals surface area (Å²) in [6.07, 6.45) is 3.29. The highest BCUT2D eigenvalue weighted by molar-refractivity contribution is 7.98.